The van der Waals surface area contributed by atoms with Crippen LogP contribution in [-0.2, 0) is 4.79 Å². The highest BCUT2D eigenvalue weighted by Crippen LogP contribution is 2.35. The lowest BCUT2D eigenvalue weighted by Crippen LogP contribution is -1.95. The highest BCUT2D eigenvalue weighted by molar-refractivity contribution is 6.66. The molecule has 0 spiro atoms. The third-order valence-electron chi connectivity index (χ3n) is 4.82. The van der Waals surface area contributed by atoms with Crippen molar-refractivity contribution in [2.24, 2.45) is 0 Å². The van der Waals surface area contributed by atoms with Crippen LogP contribution < -0.4 is 0 Å². The smallest absolute Gasteiger partial charge is 0.245 e. The molecule has 0 radical (unpaired) electrons. The van der Waals surface area contributed by atoms with Gasteiger partial charge in [0.25, 0.3) is 0 Å². The monoisotopic (exact) mass is 366 g/mol. The Bertz CT molecular complexity index is 804. The van der Waals surface area contributed by atoms with Gasteiger partial charge in [0.15, 0.2) is 0 Å². The first-order valence-corrected chi connectivity index (χ1v) is 9.51. The highest BCUT2D eigenvalue weighted by Gasteiger charge is 2.14. The largest absolute Gasteiger partial charge is 0.508 e. The maximum atomic E-state index is 10.9. The lowest BCUT2D eigenvalue weighted by Gasteiger charge is -2.16. The molecule has 2 nitrogen and oxygen atoms in total. The highest BCUT2D eigenvalue weighted by atomic mass is 35.5. The number of benzene rings is 2. The Labute approximate surface area is 159 Å². The summed E-state index contributed by atoms with van der Waals surface area (Å²) in [4.78, 5) is 10.9. The van der Waals surface area contributed by atoms with E-state index < -0.39 is 5.24 Å². The van der Waals surface area contributed by atoms with E-state index in [2.05, 4.69) is 12.1 Å². The first kappa shape index (κ1) is 18.5. The van der Waals surface area contributed by atoms with E-state index >= 15 is 0 Å². The molecular formula is C23H23ClO2. The summed E-state index contributed by atoms with van der Waals surface area (Å²) in [5, 5.41) is 9.17. The number of rotatable bonds is 4. The zero-order chi connectivity index (χ0) is 18.4. The van der Waals surface area contributed by atoms with Gasteiger partial charge >= 0.3 is 0 Å². The Balaban J connectivity index is 2.01. The second-order valence-corrected chi connectivity index (χ2v) is 7.07. The summed E-state index contributed by atoms with van der Waals surface area (Å²) in [5.74, 6) is 0.283. The number of phenolic OH excluding ortho intramolecular Hbond substituents is 1. The summed E-state index contributed by atoms with van der Waals surface area (Å²) in [6.45, 7) is 0. The van der Waals surface area contributed by atoms with Crippen molar-refractivity contribution in [2.75, 3.05) is 0 Å². The zero-order valence-corrected chi connectivity index (χ0v) is 15.5. The molecule has 0 bridgehead atoms. The molecule has 0 aliphatic heterocycles. The van der Waals surface area contributed by atoms with Gasteiger partial charge in [-0.25, -0.2) is 0 Å². The molecule has 1 N–H and O–H groups in total. The number of hydrogen-bond donors (Lipinski definition) is 1. The first-order valence-electron chi connectivity index (χ1n) is 9.13. The molecule has 134 valence electrons. The number of carbonyl (C=O) groups is 1. The van der Waals surface area contributed by atoms with Crippen LogP contribution in [0.5, 0.6) is 5.75 Å². The fourth-order valence-electron chi connectivity index (χ4n) is 3.53. The summed E-state index contributed by atoms with van der Waals surface area (Å²) in [6.07, 6.45) is 10.4. The Morgan fingerprint density at radius 3 is 1.92 bits per heavy atom. The van der Waals surface area contributed by atoms with Crippen molar-refractivity contribution < 1.29 is 9.90 Å². The molecule has 0 aromatic heterocycles. The van der Waals surface area contributed by atoms with E-state index in [0.29, 0.717) is 0 Å². The minimum absolute atomic E-state index is 0.283. The molecule has 2 aromatic rings. The predicted octanol–water partition coefficient (Wildman–Crippen LogP) is 6.33. The molecule has 1 aliphatic carbocycles. The van der Waals surface area contributed by atoms with E-state index in [9.17, 15) is 9.90 Å². The number of aromatic hydroxyl groups is 1. The fraction of sp³-hybridized carbons (Fsp3) is 0.261. The number of halogens is 1. The van der Waals surface area contributed by atoms with Gasteiger partial charge in [-0.15, -0.1) is 0 Å². The topological polar surface area (TPSA) is 37.3 Å². The first-order chi connectivity index (χ1) is 12.6. The van der Waals surface area contributed by atoms with E-state index in [1.165, 1.54) is 48.5 Å². The summed E-state index contributed by atoms with van der Waals surface area (Å²) in [6, 6.07) is 15.7. The second-order valence-electron chi connectivity index (χ2n) is 6.70. The van der Waals surface area contributed by atoms with E-state index in [1.807, 2.05) is 24.3 Å². The van der Waals surface area contributed by atoms with E-state index in [4.69, 9.17) is 11.6 Å². The van der Waals surface area contributed by atoms with Crippen LogP contribution in [0.3, 0.4) is 0 Å². The van der Waals surface area contributed by atoms with E-state index in [-0.39, 0.29) is 5.75 Å². The minimum atomic E-state index is -0.473. The summed E-state index contributed by atoms with van der Waals surface area (Å²) in [5.41, 5.74) is 6.02. The van der Waals surface area contributed by atoms with Gasteiger partial charge < -0.3 is 5.11 Å². The maximum Gasteiger partial charge on any atom is 0.245 e. The standard InChI is InChI=1S/C23H23ClO2/c24-22(26)16-9-17-7-10-19(11-8-17)23(18-5-3-1-2-4-6-18)20-12-14-21(25)15-13-20/h7-16,25H,1-6H2/b16-9+. The minimum Gasteiger partial charge on any atom is -0.508 e. The Morgan fingerprint density at radius 1 is 0.846 bits per heavy atom. The van der Waals surface area contributed by atoms with Crippen LogP contribution in [-0.4, -0.2) is 10.3 Å². The van der Waals surface area contributed by atoms with Gasteiger partial charge in [-0.3, -0.25) is 4.79 Å². The van der Waals surface area contributed by atoms with E-state index in [1.54, 1.807) is 18.2 Å². The lowest BCUT2D eigenvalue weighted by molar-refractivity contribution is -0.107. The van der Waals surface area contributed by atoms with Gasteiger partial charge in [0.05, 0.1) is 0 Å². The van der Waals surface area contributed by atoms with Gasteiger partial charge in [-0.05, 0) is 77.8 Å². The lowest BCUT2D eigenvalue weighted by atomic mass is 9.89. The van der Waals surface area contributed by atoms with Crippen molar-refractivity contribution >= 4 is 28.5 Å². The average Bonchev–Trinajstić information content (AvgIpc) is 2.92. The Kier molecular flexibility index (Phi) is 6.30. The van der Waals surface area contributed by atoms with Gasteiger partial charge in [-0.2, -0.15) is 0 Å². The van der Waals surface area contributed by atoms with Crippen molar-refractivity contribution in [1.82, 2.24) is 0 Å². The number of phenols is 1. The van der Waals surface area contributed by atoms with Crippen LogP contribution in [0.25, 0.3) is 11.6 Å². The Morgan fingerprint density at radius 2 is 1.38 bits per heavy atom. The molecular weight excluding hydrogens is 344 g/mol. The molecule has 1 aliphatic rings. The predicted molar refractivity (Wildman–Crippen MR) is 108 cm³/mol. The van der Waals surface area contributed by atoms with Gasteiger partial charge in [-0.1, -0.05) is 60.9 Å². The Hall–Kier alpha value is -2.32. The third-order valence-corrected chi connectivity index (χ3v) is 4.95. The van der Waals surface area contributed by atoms with Crippen molar-refractivity contribution in [3.63, 3.8) is 0 Å². The molecule has 2 aromatic carbocycles. The summed E-state index contributed by atoms with van der Waals surface area (Å²) in [7, 11) is 0. The van der Waals surface area contributed by atoms with Crippen LogP contribution in [0, 0.1) is 0 Å². The van der Waals surface area contributed by atoms with E-state index in [0.717, 1.165) is 24.0 Å². The van der Waals surface area contributed by atoms with Gasteiger partial charge in [0, 0.05) is 0 Å². The molecule has 0 saturated heterocycles. The number of carbonyl (C=O) groups excluding carboxylic acids is 1. The number of hydrogen-bond acceptors (Lipinski definition) is 2. The van der Waals surface area contributed by atoms with Crippen LogP contribution in [0.15, 0.2) is 60.2 Å². The summed E-state index contributed by atoms with van der Waals surface area (Å²) >= 11 is 5.37. The van der Waals surface area contributed by atoms with Crippen LogP contribution in [0.2, 0.25) is 0 Å². The molecule has 26 heavy (non-hydrogen) atoms. The SMILES string of the molecule is O=C(Cl)/C=C/c1ccc(C(=C2CCCCCC2)c2ccc(O)cc2)cc1. The number of allylic oxidation sites excluding steroid dienone is 2. The van der Waals surface area contributed by atoms with Crippen molar-refractivity contribution in [3.05, 3.63) is 76.9 Å². The quantitative estimate of drug-likeness (QED) is 0.390. The summed E-state index contributed by atoms with van der Waals surface area (Å²) < 4.78 is 0. The fourth-order valence-corrected chi connectivity index (χ4v) is 3.59. The normalized spacial score (nSPS) is 15.0. The molecule has 1 saturated carbocycles. The second kappa shape index (κ2) is 8.86. The molecule has 0 atom stereocenters. The van der Waals surface area contributed by atoms with Crippen LogP contribution >= 0.6 is 11.6 Å². The zero-order valence-electron chi connectivity index (χ0n) is 14.7. The van der Waals surface area contributed by atoms with Crippen LogP contribution in [0.1, 0.15) is 55.2 Å². The maximum absolute atomic E-state index is 10.9. The molecule has 0 amide bonds. The van der Waals surface area contributed by atoms with Gasteiger partial charge in [0.1, 0.15) is 5.75 Å². The van der Waals surface area contributed by atoms with Crippen molar-refractivity contribution in [3.8, 4) is 5.75 Å². The molecule has 0 unspecified atom stereocenters. The van der Waals surface area contributed by atoms with Crippen molar-refractivity contribution in [1.29, 1.82) is 0 Å². The molecule has 1 fully saturated rings. The van der Waals surface area contributed by atoms with Crippen molar-refractivity contribution in [2.45, 2.75) is 38.5 Å². The molecule has 3 rings (SSSR count). The molecule has 3 heteroatoms. The van der Waals surface area contributed by atoms with Crippen LogP contribution in [0.4, 0.5) is 0 Å². The average molecular weight is 367 g/mol. The van der Waals surface area contributed by atoms with Gasteiger partial charge in [0.2, 0.25) is 5.24 Å². The molecule has 0 heterocycles. The third kappa shape index (κ3) is 4.86.